The molecule has 0 radical (unpaired) electrons. The molecule has 1 N–H and O–H groups in total. The van der Waals surface area contributed by atoms with Gasteiger partial charge in [-0.2, -0.15) is 10.2 Å². The zero-order chi connectivity index (χ0) is 19.7. The van der Waals surface area contributed by atoms with E-state index in [1.165, 1.54) is 4.68 Å². The molecule has 0 spiro atoms. The van der Waals surface area contributed by atoms with Gasteiger partial charge in [-0.1, -0.05) is 12.1 Å². The van der Waals surface area contributed by atoms with Crippen LogP contribution < -0.4 is 5.69 Å². The molecule has 28 heavy (non-hydrogen) atoms. The van der Waals surface area contributed by atoms with E-state index in [0.717, 1.165) is 29.9 Å². The Bertz CT molecular complexity index is 1010. The second-order valence-electron chi connectivity index (χ2n) is 7.12. The summed E-state index contributed by atoms with van der Waals surface area (Å²) in [5.41, 5.74) is 2.54. The van der Waals surface area contributed by atoms with Gasteiger partial charge in [-0.3, -0.25) is 14.5 Å². The van der Waals surface area contributed by atoms with E-state index in [0.29, 0.717) is 25.2 Å². The highest BCUT2D eigenvalue weighted by molar-refractivity contribution is 5.94. The number of aromatic amines is 1. The molecule has 0 aliphatic carbocycles. The number of benzene rings is 1. The quantitative estimate of drug-likeness (QED) is 0.750. The molecular weight excluding hydrogens is 356 g/mol. The predicted octanol–water partition coefficient (Wildman–Crippen LogP) is 2.01. The van der Waals surface area contributed by atoms with Crippen molar-refractivity contribution in [3.05, 3.63) is 58.4 Å². The van der Waals surface area contributed by atoms with Gasteiger partial charge in [0.25, 0.3) is 5.91 Å². The molecule has 8 nitrogen and oxygen atoms in total. The molecule has 2 aromatic heterocycles. The number of piperidine rings is 1. The van der Waals surface area contributed by atoms with Gasteiger partial charge in [0, 0.05) is 44.4 Å². The van der Waals surface area contributed by atoms with E-state index >= 15 is 0 Å². The largest absolute Gasteiger partial charge is 0.345 e. The van der Waals surface area contributed by atoms with Crippen molar-refractivity contribution in [3.63, 3.8) is 0 Å². The molecule has 1 saturated heterocycles. The number of rotatable bonds is 4. The van der Waals surface area contributed by atoms with Gasteiger partial charge in [0.2, 0.25) is 0 Å². The fraction of sp³-hybridized carbons (Fsp3) is 0.400. The van der Waals surface area contributed by atoms with E-state index < -0.39 is 0 Å². The van der Waals surface area contributed by atoms with E-state index in [-0.39, 0.29) is 17.5 Å². The van der Waals surface area contributed by atoms with Crippen molar-refractivity contribution in [2.24, 2.45) is 7.05 Å². The number of carbonyl (C=O) groups excluding carboxylic acids is 1. The standard InChI is InChI=1S/C20H24N6O2/c1-3-26-18(23-24(2)20(26)28)15-9-12-25(13-10-15)19(27)16-6-4-14(5-7-16)17-8-11-21-22-17/h4-8,11,15H,3,9-10,12-13H2,1-2H3,(H,21,22). The molecule has 1 amide bonds. The van der Waals surface area contributed by atoms with Crippen molar-refractivity contribution in [2.75, 3.05) is 13.1 Å². The number of hydrogen-bond donors (Lipinski definition) is 1. The van der Waals surface area contributed by atoms with Gasteiger partial charge in [0.15, 0.2) is 0 Å². The third-order valence-electron chi connectivity index (χ3n) is 5.44. The summed E-state index contributed by atoms with van der Waals surface area (Å²) >= 11 is 0. The Hall–Kier alpha value is -3.16. The molecule has 0 bridgehead atoms. The van der Waals surface area contributed by atoms with Gasteiger partial charge in [0.1, 0.15) is 5.82 Å². The fourth-order valence-electron chi connectivity index (χ4n) is 3.85. The van der Waals surface area contributed by atoms with Crippen LogP contribution in [0.2, 0.25) is 0 Å². The van der Waals surface area contributed by atoms with Crippen LogP contribution in [0.5, 0.6) is 0 Å². The van der Waals surface area contributed by atoms with Crippen LogP contribution in [0.4, 0.5) is 0 Å². The van der Waals surface area contributed by atoms with Crippen LogP contribution in [0, 0.1) is 0 Å². The number of likely N-dealkylation sites (tertiary alicyclic amines) is 1. The molecule has 0 saturated carbocycles. The van der Waals surface area contributed by atoms with Crippen LogP contribution in [0.25, 0.3) is 11.3 Å². The Balaban J connectivity index is 1.43. The van der Waals surface area contributed by atoms with Crippen molar-refractivity contribution in [3.8, 4) is 11.3 Å². The zero-order valence-electron chi connectivity index (χ0n) is 16.1. The van der Waals surface area contributed by atoms with E-state index in [1.807, 2.05) is 42.2 Å². The van der Waals surface area contributed by atoms with Crippen LogP contribution in [0.1, 0.15) is 41.9 Å². The van der Waals surface area contributed by atoms with E-state index in [2.05, 4.69) is 15.3 Å². The minimum absolute atomic E-state index is 0.0449. The van der Waals surface area contributed by atoms with Crippen molar-refractivity contribution in [1.29, 1.82) is 0 Å². The van der Waals surface area contributed by atoms with Gasteiger partial charge in [-0.25, -0.2) is 9.48 Å². The number of amides is 1. The van der Waals surface area contributed by atoms with E-state index in [4.69, 9.17) is 0 Å². The van der Waals surface area contributed by atoms with Gasteiger partial charge in [-0.15, -0.1) is 0 Å². The maximum atomic E-state index is 12.9. The zero-order valence-corrected chi connectivity index (χ0v) is 16.1. The molecule has 1 aliphatic heterocycles. The predicted molar refractivity (Wildman–Crippen MR) is 105 cm³/mol. The van der Waals surface area contributed by atoms with Crippen LogP contribution in [-0.2, 0) is 13.6 Å². The average Bonchev–Trinajstić information content (AvgIpc) is 3.37. The molecule has 3 heterocycles. The molecule has 8 heteroatoms. The molecule has 0 unspecified atom stereocenters. The Kier molecular flexibility index (Phi) is 4.85. The summed E-state index contributed by atoms with van der Waals surface area (Å²) in [7, 11) is 1.68. The lowest BCUT2D eigenvalue weighted by atomic mass is 9.95. The smallest absolute Gasteiger partial charge is 0.339 e. The third-order valence-corrected chi connectivity index (χ3v) is 5.44. The SMILES string of the molecule is CCn1c(C2CCN(C(=O)c3ccc(-c4ccn[nH]4)cc3)CC2)nn(C)c1=O. The topological polar surface area (TPSA) is 88.8 Å². The monoisotopic (exact) mass is 380 g/mol. The lowest BCUT2D eigenvalue weighted by Gasteiger charge is -2.31. The fourth-order valence-corrected chi connectivity index (χ4v) is 3.85. The number of H-pyrrole nitrogens is 1. The van der Waals surface area contributed by atoms with Crippen molar-refractivity contribution >= 4 is 5.91 Å². The maximum absolute atomic E-state index is 12.9. The first-order valence-corrected chi connectivity index (χ1v) is 9.61. The average molecular weight is 380 g/mol. The molecular formula is C20H24N6O2. The van der Waals surface area contributed by atoms with E-state index in [9.17, 15) is 9.59 Å². The first-order chi connectivity index (χ1) is 13.6. The lowest BCUT2D eigenvalue weighted by Crippen LogP contribution is -2.38. The summed E-state index contributed by atoms with van der Waals surface area (Å²) in [4.78, 5) is 26.9. The Morgan fingerprint density at radius 2 is 1.89 bits per heavy atom. The summed E-state index contributed by atoms with van der Waals surface area (Å²) in [6, 6.07) is 9.48. The van der Waals surface area contributed by atoms with Gasteiger partial charge < -0.3 is 4.90 Å². The number of aryl methyl sites for hydroxylation is 1. The Labute approximate surface area is 162 Å². The van der Waals surface area contributed by atoms with Crippen LogP contribution in [0.15, 0.2) is 41.3 Å². The highest BCUT2D eigenvalue weighted by Gasteiger charge is 2.28. The molecule has 1 aliphatic rings. The molecule has 1 aromatic carbocycles. The normalized spacial score (nSPS) is 15.1. The highest BCUT2D eigenvalue weighted by atomic mass is 16.2. The third kappa shape index (κ3) is 3.26. The first-order valence-electron chi connectivity index (χ1n) is 9.61. The van der Waals surface area contributed by atoms with Crippen molar-refractivity contribution in [2.45, 2.75) is 32.2 Å². The second-order valence-corrected chi connectivity index (χ2v) is 7.12. The molecule has 3 aromatic rings. The lowest BCUT2D eigenvalue weighted by molar-refractivity contribution is 0.0710. The number of hydrogen-bond acceptors (Lipinski definition) is 4. The van der Waals surface area contributed by atoms with Gasteiger partial charge >= 0.3 is 5.69 Å². The summed E-state index contributed by atoms with van der Waals surface area (Å²) in [6.07, 6.45) is 3.33. The summed E-state index contributed by atoms with van der Waals surface area (Å²) in [6.45, 7) is 3.91. The van der Waals surface area contributed by atoms with E-state index in [1.54, 1.807) is 17.8 Å². The highest BCUT2D eigenvalue weighted by Crippen LogP contribution is 2.27. The number of carbonyl (C=O) groups is 1. The molecule has 4 rings (SSSR count). The van der Waals surface area contributed by atoms with Crippen molar-refractivity contribution < 1.29 is 4.79 Å². The summed E-state index contributed by atoms with van der Waals surface area (Å²) < 4.78 is 3.13. The Morgan fingerprint density at radius 1 is 1.18 bits per heavy atom. The van der Waals surface area contributed by atoms with Crippen LogP contribution in [-0.4, -0.2) is 48.4 Å². The molecule has 0 atom stereocenters. The van der Waals surface area contributed by atoms with Crippen LogP contribution >= 0.6 is 0 Å². The Morgan fingerprint density at radius 3 is 2.50 bits per heavy atom. The minimum Gasteiger partial charge on any atom is -0.339 e. The summed E-state index contributed by atoms with van der Waals surface area (Å²) in [5.74, 6) is 1.09. The molecule has 146 valence electrons. The van der Waals surface area contributed by atoms with Gasteiger partial charge in [-0.05, 0) is 43.5 Å². The number of nitrogens with one attached hydrogen (secondary N) is 1. The van der Waals surface area contributed by atoms with Gasteiger partial charge in [0.05, 0.1) is 5.69 Å². The minimum atomic E-state index is -0.0756. The number of nitrogens with zero attached hydrogens (tertiary/aromatic N) is 5. The molecule has 1 fully saturated rings. The summed E-state index contributed by atoms with van der Waals surface area (Å²) in [5, 5.41) is 11.3. The number of aromatic nitrogens is 5. The maximum Gasteiger partial charge on any atom is 0.345 e. The second kappa shape index (κ2) is 7.46. The van der Waals surface area contributed by atoms with Crippen molar-refractivity contribution in [1.82, 2.24) is 29.4 Å². The van der Waals surface area contributed by atoms with Crippen LogP contribution in [0.3, 0.4) is 0 Å². The first kappa shape index (κ1) is 18.2.